The Bertz CT molecular complexity index is 1490. The minimum atomic E-state index is 0.941. The van der Waals surface area contributed by atoms with Crippen molar-refractivity contribution in [3.63, 3.8) is 0 Å². The van der Waals surface area contributed by atoms with Gasteiger partial charge in [0.2, 0.25) is 0 Å². The maximum atomic E-state index is 5.15. The number of hydrogen-bond donors (Lipinski definition) is 0. The quantitative estimate of drug-likeness (QED) is 0.321. The lowest BCUT2D eigenvalue weighted by Crippen LogP contribution is -2.11. The van der Waals surface area contributed by atoms with E-state index in [1.54, 1.807) is 0 Å². The second-order valence-electron chi connectivity index (χ2n) is 7.05. The fourth-order valence-electron chi connectivity index (χ4n) is 4.17. The summed E-state index contributed by atoms with van der Waals surface area (Å²) >= 11 is 0. The maximum absolute atomic E-state index is 5.15. The van der Waals surface area contributed by atoms with Gasteiger partial charge in [0, 0.05) is 21.2 Å². The van der Waals surface area contributed by atoms with Crippen LogP contribution in [0.1, 0.15) is 0 Å². The second-order valence-corrected chi connectivity index (χ2v) is 7.05. The molecule has 0 aliphatic carbocycles. The third-order valence-corrected chi connectivity index (χ3v) is 5.44. The van der Waals surface area contributed by atoms with Crippen molar-refractivity contribution in [3.8, 4) is 0 Å². The summed E-state index contributed by atoms with van der Waals surface area (Å²) in [7, 11) is 0. The number of para-hydroxylation sites is 2. The lowest BCUT2D eigenvalue weighted by atomic mass is 9.98. The molecule has 28 heavy (non-hydrogen) atoms. The van der Waals surface area contributed by atoms with Crippen LogP contribution >= 0.6 is 0 Å². The summed E-state index contributed by atoms with van der Waals surface area (Å²) < 4.78 is 0. The Morgan fingerprint density at radius 2 is 0.714 bits per heavy atom. The Kier molecular flexibility index (Phi) is 3.20. The van der Waals surface area contributed by atoms with Gasteiger partial charge in [0.1, 0.15) is 0 Å². The molecule has 2 nitrogen and oxygen atoms in total. The normalized spacial score (nSPS) is 13.4. The largest absolute Gasteiger partial charge is 0.245 e. The minimum Gasteiger partial charge on any atom is -0.245 e. The molecule has 1 aliphatic heterocycles. The van der Waals surface area contributed by atoms with Gasteiger partial charge in [-0.2, -0.15) is 0 Å². The summed E-state index contributed by atoms with van der Waals surface area (Å²) in [5, 5.41) is 8.88. The molecule has 0 fully saturated rings. The van der Waals surface area contributed by atoms with E-state index in [2.05, 4.69) is 84.9 Å². The smallest absolute Gasteiger partial charge is 0.0978 e. The molecule has 1 heterocycles. The number of rotatable bonds is 0. The van der Waals surface area contributed by atoms with Gasteiger partial charge < -0.3 is 0 Å². The second kappa shape index (κ2) is 5.86. The van der Waals surface area contributed by atoms with Gasteiger partial charge >= 0.3 is 0 Å². The molecule has 1 aliphatic rings. The van der Waals surface area contributed by atoms with Crippen molar-refractivity contribution in [1.82, 2.24) is 0 Å². The third-order valence-electron chi connectivity index (χ3n) is 5.44. The first-order valence-electron chi connectivity index (χ1n) is 9.45. The van der Waals surface area contributed by atoms with Crippen LogP contribution in [0, 0.1) is 10.4 Å². The summed E-state index contributed by atoms with van der Waals surface area (Å²) in [6.07, 6.45) is 0. The molecule has 0 radical (unpaired) electrons. The van der Waals surface area contributed by atoms with Crippen molar-refractivity contribution in [3.05, 3.63) is 118 Å². The van der Waals surface area contributed by atoms with Crippen LogP contribution in [0.25, 0.3) is 21.5 Å². The summed E-state index contributed by atoms with van der Waals surface area (Å²) in [6.45, 7) is 0. The van der Waals surface area contributed by atoms with Gasteiger partial charge in [-0.3, -0.25) is 0 Å². The van der Waals surface area contributed by atoms with E-state index in [1.165, 1.54) is 10.8 Å². The molecule has 0 atom stereocenters. The molecule has 2 heteroatoms. The Labute approximate surface area is 161 Å². The van der Waals surface area contributed by atoms with Crippen molar-refractivity contribution in [2.45, 2.75) is 0 Å². The topological polar surface area (TPSA) is 24.7 Å². The first-order valence-corrected chi connectivity index (χ1v) is 9.45. The Hall–Kier alpha value is -3.78. The number of benzene rings is 5. The fraction of sp³-hybridized carbons (Fsp3) is 0. The van der Waals surface area contributed by atoms with Crippen LogP contribution in [0.4, 0.5) is 11.4 Å². The van der Waals surface area contributed by atoms with E-state index in [1.807, 2.05) is 12.1 Å². The third kappa shape index (κ3) is 2.15. The monoisotopic (exact) mass is 356 g/mol. The minimum absolute atomic E-state index is 0.941. The van der Waals surface area contributed by atoms with Crippen LogP contribution in [0.15, 0.2) is 107 Å². The van der Waals surface area contributed by atoms with Gasteiger partial charge in [0.25, 0.3) is 0 Å². The molecule has 0 aromatic heterocycles. The lowest BCUT2D eigenvalue weighted by Gasteiger charge is -2.13. The molecule has 6 rings (SSSR count). The molecule has 0 amide bonds. The van der Waals surface area contributed by atoms with Crippen molar-refractivity contribution in [2.24, 2.45) is 9.98 Å². The molecule has 130 valence electrons. The predicted molar refractivity (Wildman–Crippen MR) is 114 cm³/mol. The summed E-state index contributed by atoms with van der Waals surface area (Å²) in [6, 6.07) is 33.6. The van der Waals surface area contributed by atoms with Crippen molar-refractivity contribution in [2.75, 3.05) is 0 Å². The summed E-state index contributed by atoms with van der Waals surface area (Å²) in [5.41, 5.74) is 1.88. The highest BCUT2D eigenvalue weighted by Gasteiger charge is 2.14. The van der Waals surface area contributed by atoms with Gasteiger partial charge in [-0.15, -0.1) is 0 Å². The van der Waals surface area contributed by atoms with E-state index < -0.39 is 0 Å². The van der Waals surface area contributed by atoms with Crippen molar-refractivity contribution < 1.29 is 0 Å². The first-order chi connectivity index (χ1) is 13.9. The van der Waals surface area contributed by atoms with Crippen LogP contribution in [0.5, 0.6) is 0 Å². The zero-order valence-electron chi connectivity index (χ0n) is 15.1. The summed E-state index contributed by atoms with van der Waals surface area (Å²) in [4.78, 5) is 10.3. The van der Waals surface area contributed by atoms with Crippen LogP contribution in [-0.2, 0) is 0 Å². The van der Waals surface area contributed by atoms with Gasteiger partial charge in [0.05, 0.1) is 22.1 Å². The van der Waals surface area contributed by atoms with Crippen molar-refractivity contribution >= 4 is 32.9 Å². The number of nitrogens with zero attached hydrogens (tertiary/aromatic N) is 2. The van der Waals surface area contributed by atoms with E-state index in [9.17, 15) is 0 Å². The van der Waals surface area contributed by atoms with Crippen LogP contribution in [-0.4, -0.2) is 0 Å². The molecule has 0 bridgehead atoms. The maximum Gasteiger partial charge on any atom is 0.0978 e. The van der Waals surface area contributed by atoms with Crippen LogP contribution < -0.4 is 10.7 Å². The molecule has 0 spiro atoms. The van der Waals surface area contributed by atoms with Crippen molar-refractivity contribution in [1.29, 1.82) is 0 Å². The zero-order valence-corrected chi connectivity index (χ0v) is 15.1. The molecule has 0 unspecified atom stereocenters. The Morgan fingerprint density at radius 3 is 1.18 bits per heavy atom. The van der Waals surface area contributed by atoms with Crippen LogP contribution in [0.2, 0.25) is 0 Å². The average molecular weight is 356 g/mol. The SMILES string of the molecule is c1cc/c2c(c1)=Nc1c(c3ccccc3c3ccccc13)N=c1cccc/c1=2. The van der Waals surface area contributed by atoms with Gasteiger partial charge in [0.15, 0.2) is 0 Å². The van der Waals surface area contributed by atoms with E-state index in [4.69, 9.17) is 9.98 Å². The van der Waals surface area contributed by atoms with E-state index in [-0.39, 0.29) is 0 Å². The van der Waals surface area contributed by atoms with Gasteiger partial charge in [-0.05, 0) is 22.9 Å². The fourth-order valence-corrected chi connectivity index (χ4v) is 4.17. The zero-order chi connectivity index (χ0) is 18.5. The van der Waals surface area contributed by atoms with Crippen LogP contribution in [0.3, 0.4) is 0 Å². The standard InChI is InChI=1S/C26H16N2/c1-3-13-21-17(9-1)18-10-2-4-14-22(18)26-25(21)27-23-15-7-5-11-19(23)20-12-6-8-16-24(20)28-26/h1-16H/b20-19-,27-23?,27-25?,28-24?,28-26?. The number of hydrogen-bond acceptors (Lipinski definition) is 2. The summed E-state index contributed by atoms with van der Waals surface area (Å²) in [5.74, 6) is 0. The highest BCUT2D eigenvalue weighted by molar-refractivity contribution is 6.18. The molecule has 0 saturated heterocycles. The predicted octanol–water partition coefficient (Wildman–Crippen LogP) is 5.50. The Balaban J connectivity index is 2.00. The molecule has 5 aromatic rings. The Morgan fingerprint density at radius 1 is 0.357 bits per heavy atom. The van der Waals surface area contributed by atoms with E-state index in [0.717, 1.165) is 43.3 Å². The molecule has 0 N–H and O–H groups in total. The van der Waals surface area contributed by atoms with Gasteiger partial charge in [-0.25, -0.2) is 9.98 Å². The molecule has 5 aromatic carbocycles. The molecular weight excluding hydrogens is 340 g/mol. The molecular formula is C26H16N2. The van der Waals surface area contributed by atoms with E-state index >= 15 is 0 Å². The average Bonchev–Trinajstić information content (AvgIpc) is 2.75. The lowest BCUT2D eigenvalue weighted by molar-refractivity contribution is 1.22. The highest BCUT2D eigenvalue weighted by atomic mass is 14.8. The first kappa shape index (κ1) is 15.3. The number of fused-ring (bicyclic) bond motifs is 8. The van der Waals surface area contributed by atoms with Gasteiger partial charge in [-0.1, -0.05) is 84.9 Å². The van der Waals surface area contributed by atoms with E-state index in [0.29, 0.717) is 0 Å². The highest BCUT2D eigenvalue weighted by Crippen LogP contribution is 2.43. The molecule has 0 saturated carbocycles.